The predicted molar refractivity (Wildman–Crippen MR) is 79.9 cm³/mol. The molecule has 2 aromatic carbocycles. The summed E-state index contributed by atoms with van der Waals surface area (Å²) < 4.78 is 10.8. The highest BCUT2D eigenvalue weighted by molar-refractivity contribution is 5.94. The summed E-state index contributed by atoms with van der Waals surface area (Å²) in [6, 6.07) is 10.9. The fourth-order valence-corrected chi connectivity index (χ4v) is 2.44. The van der Waals surface area contributed by atoms with Gasteiger partial charge in [-0.05, 0) is 29.8 Å². The molecule has 1 heterocycles. The highest BCUT2D eigenvalue weighted by Gasteiger charge is 2.17. The Morgan fingerprint density at radius 1 is 1.29 bits per heavy atom. The van der Waals surface area contributed by atoms with Gasteiger partial charge in [0.2, 0.25) is 0 Å². The van der Waals surface area contributed by atoms with Crippen LogP contribution in [-0.4, -0.2) is 24.8 Å². The molecule has 1 aliphatic heterocycles. The van der Waals surface area contributed by atoms with Gasteiger partial charge >= 0.3 is 5.97 Å². The number of fused-ring (bicyclic) bond motifs is 1. The number of carboxylic acids is 1. The van der Waals surface area contributed by atoms with Crippen LogP contribution in [0.25, 0.3) is 17.2 Å². The number of ether oxygens (including phenoxy) is 2. The Morgan fingerprint density at radius 2 is 2.14 bits per heavy atom. The van der Waals surface area contributed by atoms with E-state index in [1.165, 1.54) is 13.2 Å². The number of aromatic carboxylic acids is 1. The maximum atomic E-state index is 11.3. The molecule has 0 amide bonds. The first kappa shape index (κ1) is 13.2. The molecule has 106 valence electrons. The Balaban J connectivity index is 2.15. The first-order valence-electron chi connectivity index (χ1n) is 6.55. The monoisotopic (exact) mass is 282 g/mol. The standard InChI is InChI=1S/C17H14O4/c1-20-16-13(5-2-6-14(16)17(18)19)11-7-8-15-12(10-11)4-3-9-21-15/h2-8,10H,9H2,1H3,(H,18,19). The Kier molecular flexibility index (Phi) is 3.36. The van der Waals surface area contributed by atoms with Gasteiger partial charge in [0.15, 0.2) is 0 Å². The Hall–Kier alpha value is -2.75. The van der Waals surface area contributed by atoms with Crippen molar-refractivity contribution in [3.8, 4) is 22.6 Å². The number of hydrogen-bond donors (Lipinski definition) is 1. The number of benzene rings is 2. The second-order valence-corrected chi connectivity index (χ2v) is 4.66. The van der Waals surface area contributed by atoms with Crippen LogP contribution >= 0.6 is 0 Å². The molecule has 0 aromatic heterocycles. The van der Waals surface area contributed by atoms with Gasteiger partial charge in [-0.15, -0.1) is 0 Å². The average molecular weight is 282 g/mol. The number of methoxy groups -OCH3 is 1. The minimum Gasteiger partial charge on any atom is -0.495 e. The van der Waals surface area contributed by atoms with Crippen molar-refractivity contribution in [2.24, 2.45) is 0 Å². The fourth-order valence-electron chi connectivity index (χ4n) is 2.44. The summed E-state index contributed by atoms with van der Waals surface area (Å²) in [4.78, 5) is 11.3. The van der Waals surface area contributed by atoms with Gasteiger partial charge in [-0.2, -0.15) is 0 Å². The van der Waals surface area contributed by atoms with Crippen LogP contribution in [0.5, 0.6) is 11.5 Å². The molecule has 0 radical (unpaired) electrons. The van der Waals surface area contributed by atoms with Crippen molar-refractivity contribution in [1.29, 1.82) is 0 Å². The third-order valence-electron chi connectivity index (χ3n) is 3.40. The molecule has 2 aromatic rings. The van der Waals surface area contributed by atoms with E-state index < -0.39 is 5.97 Å². The van der Waals surface area contributed by atoms with Crippen LogP contribution in [0.1, 0.15) is 15.9 Å². The van der Waals surface area contributed by atoms with E-state index in [0.717, 1.165) is 22.4 Å². The fraction of sp³-hybridized carbons (Fsp3) is 0.118. The Bertz CT molecular complexity index is 732. The highest BCUT2D eigenvalue weighted by Crippen LogP contribution is 2.36. The summed E-state index contributed by atoms with van der Waals surface area (Å²) in [7, 11) is 1.48. The van der Waals surface area contributed by atoms with E-state index >= 15 is 0 Å². The molecular formula is C17H14O4. The van der Waals surface area contributed by atoms with Gasteiger partial charge in [0, 0.05) is 11.1 Å². The van der Waals surface area contributed by atoms with Gasteiger partial charge in [0.1, 0.15) is 23.7 Å². The van der Waals surface area contributed by atoms with Crippen LogP contribution in [-0.2, 0) is 0 Å². The lowest BCUT2D eigenvalue weighted by Crippen LogP contribution is -2.02. The molecule has 0 fully saturated rings. The van der Waals surface area contributed by atoms with Gasteiger partial charge in [-0.3, -0.25) is 0 Å². The predicted octanol–water partition coefficient (Wildman–Crippen LogP) is 3.47. The lowest BCUT2D eigenvalue weighted by Gasteiger charge is -2.15. The molecule has 0 saturated carbocycles. The normalized spacial score (nSPS) is 12.4. The largest absolute Gasteiger partial charge is 0.495 e. The van der Waals surface area contributed by atoms with Crippen LogP contribution in [0.2, 0.25) is 0 Å². The van der Waals surface area contributed by atoms with Crippen LogP contribution in [0.4, 0.5) is 0 Å². The molecule has 0 spiro atoms. The maximum absolute atomic E-state index is 11.3. The molecular weight excluding hydrogens is 268 g/mol. The van der Waals surface area contributed by atoms with E-state index in [2.05, 4.69) is 0 Å². The molecule has 1 N–H and O–H groups in total. The number of para-hydroxylation sites is 1. The molecule has 0 atom stereocenters. The van der Waals surface area contributed by atoms with Crippen molar-refractivity contribution >= 4 is 12.0 Å². The van der Waals surface area contributed by atoms with E-state index in [9.17, 15) is 9.90 Å². The molecule has 0 aliphatic carbocycles. The van der Waals surface area contributed by atoms with Crippen LogP contribution in [0.15, 0.2) is 42.5 Å². The lowest BCUT2D eigenvalue weighted by atomic mass is 9.98. The summed E-state index contributed by atoms with van der Waals surface area (Å²) in [5.74, 6) is 0.190. The van der Waals surface area contributed by atoms with Gasteiger partial charge < -0.3 is 14.6 Å². The third kappa shape index (κ3) is 2.36. The minimum absolute atomic E-state index is 0.152. The molecule has 0 saturated heterocycles. The molecule has 0 unspecified atom stereocenters. The SMILES string of the molecule is COc1c(C(=O)O)cccc1-c1ccc2c(c1)C=CCO2. The smallest absolute Gasteiger partial charge is 0.339 e. The zero-order valence-electron chi connectivity index (χ0n) is 11.5. The van der Waals surface area contributed by atoms with Gasteiger partial charge in [0.05, 0.1) is 7.11 Å². The quantitative estimate of drug-likeness (QED) is 0.936. The van der Waals surface area contributed by atoms with Crippen LogP contribution < -0.4 is 9.47 Å². The van der Waals surface area contributed by atoms with Crippen LogP contribution in [0, 0.1) is 0 Å². The molecule has 4 nitrogen and oxygen atoms in total. The Labute approximate surface area is 122 Å². The summed E-state index contributed by atoms with van der Waals surface area (Å²) in [6.45, 7) is 0.574. The first-order valence-corrected chi connectivity index (χ1v) is 6.55. The van der Waals surface area contributed by atoms with E-state index in [1.807, 2.05) is 36.4 Å². The second-order valence-electron chi connectivity index (χ2n) is 4.66. The van der Waals surface area contributed by atoms with Crippen LogP contribution in [0.3, 0.4) is 0 Å². The van der Waals surface area contributed by atoms with Gasteiger partial charge in [-0.1, -0.05) is 24.3 Å². The zero-order valence-corrected chi connectivity index (χ0v) is 11.5. The average Bonchev–Trinajstić information content (AvgIpc) is 2.53. The van der Waals surface area contributed by atoms with Gasteiger partial charge in [-0.25, -0.2) is 4.79 Å². The summed E-state index contributed by atoms with van der Waals surface area (Å²) in [5, 5.41) is 9.25. The molecule has 3 rings (SSSR count). The van der Waals surface area contributed by atoms with Crippen molar-refractivity contribution < 1.29 is 19.4 Å². The lowest BCUT2D eigenvalue weighted by molar-refractivity contribution is 0.0693. The van der Waals surface area contributed by atoms with Crippen molar-refractivity contribution in [3.63, 3.8) is 0 Å². The Morgan fingerprint density at radius 3 is 2.90 bits per heavy atom. The van der Waals surface area contributed by atoms with E-state index in [4.69, 9.17) is 9.47 Å². The topological polar surface area (TPSA) is 55.8 Å². The number of hydrogen-bond acceptors (Lipinski definition) is 3. The van der Waals surface area contributed by atoms with Crippen molar-refractivity contribution in [1.82, 2.24) is 0 Å². The third-order valence-corrected chi connectivity index (χ3v) is 3.40. The zero-order chi connectivity index (χ0) is 14.8. The molecule has 21 heavy (non-hydrogen) atoms. The summed E-state index contributed by atoms with van der Waals surface area (Å²) in [5.41, 5.74) is 2.77. The molecule has 1 aliphatic rings. The van der Waals surface area contributed by atoms with Gasteiger partial charge in [0.25, 0.3) is 0 Å². The first-order chi connectivity index (χ1) is 10.2. The molecule has 4 heteroatoms. The minimum atomic E-state index is -1.00. The van der Waals surface area contributed by atoms with Crippen molar-refractivity contribution in [2.45, 2.75) is 0 Å². The number of carboxylic acid groups (broad SMARTS) is 1. The van der Waals surface area contributed by atoms with E-state index in [0.29, 0.717) is 12.4 Å². The number of carbonyl (C=O) groups is 1. The van der Waals surface area contributed by atoms with E-state index in [-0.39, 0.29) is 5.56 Å². The molecule has 0 bridgehead atoms. The van der Waals surface area contributed by atoms with Crippen molar-refractivity contribution in [3.05, 3.63) is 53.6 Å². The van der Waals surface area contributed by atoms with Crippen molar-refractivity contribution in [2.75, 3.05) is 13.7 Å². The van der Waals surface area contributed by atoms with E-state index in [1.54, 1.807) is 6.07 Å². The highest BCUT2D eigenvalue weighted by atomic mass is 16.5. The number of rotatable bonds is 3. The summed E-state index contributed by atoms with van der Waals surface area (Å²) >= 11 is 0. The maximum Gasteiger partial charge on any atom is 0.339 e. The summed E-state index contributed by atoms with van der Waals surface area (Å²) in [6.07, 6.45) is 3.94. The second kappa shape index (κ2) is 5.32.